The van der Waals surface area contributed by atoms with Gasteiger partial charge < -0.3 is 16.0 Å². The summed E-state index contributed by atoms with van der Waals surface area (Å²) in [6.07, 6.45) is 1.28. The van der Waals surface area contributed by atoms with Crippen LogP contribution in [0.3, 0.4) is 0 Å². The minimum absolute atomic E-state index is 0.0681. The summed E-state index contributed by atoms with van der Waals surface area (Å²) in [5.74, 6) is -0.938. The number of benzene rings is 1. The zero-order valence-corrected chi connectivity index (χ0v) is 15.0. The van der Waals surface area contributed by atoms with Gasteiger partial charge in [-0.1, -0.05) is 18.2 Å². The van der Waals surface area contributed by atoms with Crippen LogP contribution < -0.4 is 16.4 Å². The van der Waals surface area contributed by atoms with Crippen molar-refractivity contribution >= 4 is 17.7 Å². The Hall–Kier alpha value is -2.32. The minimum Gasteiger partial charge on any atom is -0.327 e. The highest BCUT2D eigenvalue weighted by atomic mass is 19.1. The van der Waals surface area contributed by atoms with Gasteiger partial charge in [0.05, 0.1) is 0 Å². The van der Waals surface area contributed by atoms with E-state index in [-0.39, 0.29) is 30.8 Å². The lowest BCUT2D eigenvalue weighted by Gasteiger charge is -2.39. The Bertz CT molecular complexity index is 806. The van der Waals surface area contributed by atoms with Gasteiger partial charge in [-0.2, -0.15) is 0 Å². The number of rotatable bonds is 5. The van der Waals surface area contributed by atoms with Crippen molar-refractivity contribution in [1.29, 1.82) is 0 Å². The van der Waals surface area contributed by atoms with E-state index in [0.29, 0.717) is 37.9 Å². The van der Waals surface area contributed by atoms with Gasteiger partial charge in [-0.25, -0.2) is 4.39 Å². The van der Waals surface area contributed by atoms with E-state index in [2.05, 4.69) is 10.6 Å². The van der Waals surface area contributed by atoms with E-state index in [9.17, 15) is 18.8 Å². The quantitative estimate of drug-likeness (QED) is 0.646. The molecule has 3 amide bonds. The first-order chi connectivity index (χ1) is 12.9. The zero-order valence-electron chi connectivity index (χ0n) is 15.0. The Kier molecular flexibility index (Phi) is 4.47. The normalized spacial score (nSPS) is 30.1. The van der Waals surface area contributed by atoms with Gasteiger partial charge in [-0.3, -0.25) is 19.7 Å². The monoisotopic (exact) mass is 374 g/mol. The number of hydrogen-bond donors (Lipinski definition) is 3. The molecule has 0 aromatic heterocycles. The lowest BCUT2D eigenvalue weighted by Crippen LogP contribution is -2.53. The number of nitrogens with one attached hydrogen (secondary N) is 2. The largest absolute Gasteiger partial charge is 0.327 e. The molecule has 0 spiro atoms. The summed E-state index contributed by atoms with van der Waals surface area (Å²) in [4.78, 5) is 38.0. The maximum absolute atomic E-state index is 14.3. The highest BCUT2D eigenvalue weighted by Crippen LogP contribution is 2.34. The third-order valence-corrected chi connectivity index (χ3v) is 5.65. The Morgan fingerprint density at radius 3 is 2.78 bits per heavy atom. The van der Waals surface area contributed by atoms with Gasteiger partial charge in [0.2, 0.25) is 11.8 Å². The molecule has 1 aromatic rings. The second-order valence-corrected chi connectivity index (χ2v) is 7.77. The summed E-state index contributed by atoms with van der Waals surface area (Å²) in [5, 5.41) is 5.40. The van der Waals surface area contributed by atoms with Crippen molar-refractivity contribution in [3.05, 3.63) is 34.9 Å². The van der Waals surface area contributed by atoms with Crippen LogP contribution in [0, 0.1) is 0 Å². The standard InChI is InChI=1S/C19H23FN4O3/c20-19(6-13(21)7-19)10-22-8-11-2-1-3-12-9-24(18(27)16(11)12)14-4-5-15(25)23-17(14)26/h1-3,13-14,22H,4-10,21H2,(H,23,25,26). The van der Waals surface area contributed by atoms with E-state index >= 15 is 0 Å². The predicted octanol–water partition coefficient (Wildman–Crippen LogP) is 0.367. The minimum atomic E-state index is -1.26. The summed E-state index contributed by atoms with van der Waals surface area (Å²) < 4.78 is 14.3. The first-order valence-corrected chi connectivity index (χ1v) is 9.27. The Labute approximate surface area is 156 Å². The van der Waals surface area contributed by atoms with Gasteiger partial charge in [0.15, 0.2) is 0 Å². The molecule has 1 saturated carbocycles. The molecule has 4 rings (SSSR count). The van der Waals surface area contributed by atoms with Gasteiger partial charge in [-0.05, 0) is 30.4 Å². The van der Waals surface area contributed by atoms with Gasteiger partial charge >= 0.3 is 0 Å². The fourth-order valence-corrected chi connectivity index (χ4v) is 4.28. The molecule has 1 unspecified atom stereocenters. The third-order valence-electron chi connectivity index (χ3n) is 5.65. The average molecular weight is 374 g/mol. The maximum Gasteiger partial charge on any atom is 0.255 e. The van der Waals surface area contributed by atoms with Crippen molar-refractivity contribution in [2.45, 2.75) is 56.5 Å². The lowest BCUT2D eigenvalue weighted by molar-refractivity contribution is -0.136. The van der Waals surface area contributed by atoms with Crippen molar-refractivity contribution in [1.82, 2.24) is 15.5 Å². The molecule has 2 aliphatic heterocycles. The highest BCUT2D eigenvalue weighted by molar-refractivity contribution is 6.05. The summed E-state index contributed by atoms with van der Waals surface area (Å²) >= 11 is 0. The Morgan fingerprint density at radius 1 is 1.30 bits per heavy atom. The molecular weight excluding hydrogens is 351 g/mol. The number of nitrogens with two attached hydrogens (primary N) is 1. The number of carbonyl (C=O) groups excluding carboxylic acids is 3. The number of carbonyl (C=O) groups is 3. The number of hydrogen-bond acceptors (Lipinski definition) is 5. The number of nitrogens with zero attached hydrogens (tertiary/aromatic N) is 1. The van der Waals surface area contributed by atoms with Gasteiger partial charge in [-0.15, -0.1) is 0 Å². The van der Waals surface area contributed by atoms with E-state index in [0.717, 1.165) is 11.1 Å². The number of alkyl halides is 1. The van der Waals surface area contributed by atoms with Crippen LogP contribution in [0.25, 0.3) is 0 Å². The lowest BCUT2D eigenvalue weighted by atomic mass is 9.78. The molecule has 2 heterocycles. The zero-order chi connectivity index (χ0) is 19.2. The van der Waals surface area contributed by atoms with Gasteiger partial charge in [0, 0.05) is 37.7 Å². The van der Waals surface area contributed by atoms with E-state index in [1.807, 2.05) is 18.2 Å². The van der Waals surface area contributed by atoms with E-state index in [1.165, 1.54) is 4.90 Å². The van der Waals surface area contributed by atoms with E-state index in [1.54, 1.807) is 0 Å². The summed E-state index contributed by atoms with van der Waals surface area (Å²) in [6.45, 7) is 0.921. The van der Waals surface area contributed by atoms with Crippen LogP contribution in [-0.4, -0.2) is 46.9 Å². The SMILES string of the molecule is NC1CC(F)(CNCc2cccc3c2C(=O)N(C2CCC(=O)NC2=O)C3)C1. The number of piperidine rings is 1. The first-order valence-electron chi connectivity index (χ1n) is 9.27. The molecule has 3 aliphatic rings. The molecule has 0 radical (unpaired) electrons. The molecule has 27 heavy (non-hydrogen) atoms. The van der Waals surface area contributed by atoms with E-state index < -0.39 is 17.6 Å². The summed E-state index contributed by atoms with van der Waals surface area (Å²) in [7, 11) is 0. The van der Waals surface area contributed by atoms with Crippen molar-refractivity contribution in [2.75, 3.05) is 6.54 Å². The highest BCUT2D eigenvalue weighted by Gasteiger charge is 2.43. The van der Waals surface area contributed by atoms with Crippen molar-refractivity contribution in [3.8, 4) is 0 Å². The number of halogens is 1. The van der Waals surface area contributed by atoms with Crippen LogP contribution >= 0.6 is 0 Å². The smallest absolute Gasteiger partial charge is 0.255 e. The van der Waals surface area contributed by atoms with Crippen LogP contribution in [0.15, 0.2) is 18.2 Å². The van der Waals surface area contributed by atoms with Crippen LogP contribution in [0.5, 0.6) is 0 Å². The first kappa shape index (κ1) is 18.1. The molecule has 2 fully saturated rings. The molecular formula is C19H23FN4O3. The fraction of sp³-hybridized carbons (Fsp3) is 0.526. The van der Waals surface area contributed by atoms with Crippen molar-refractivity contribution in [2.24, 2.45) is 5.73 Å². The number of amides is 3. The van der Waals surface area contributed by atoms with Gasteiger partial charge in [0.25, 0.3) is 5.91 Å². The van der Waals surface area contributed by atoms with Crippen molar-refractivity contribution < 1.29 is 18.8 Å². The maximum atomic E-state index is 14.3. The molecule has 1 saturated heterocycles. The second kappa shape index (κ2) is 6.69. The molecule has 0 bridgehead atoms. The number of imide groups is 1. The van der Waals surface area contributed by atoms with Crippen LogP contribution in [0.1, 0.15) is 47.2 Å². The molecule has 1 aromatic carbocycles. The summed E-state index contributed by atoms with van der Waals surface area (Å²) in [6, 6.07) is 4.87. The molecule has 4 N–H and O–H groups in total. The topological polar surface area (TPSA) is 105 Å². The third kappa shape index (κ3) is 3.35. The molecule has 144 valence electrons. The van der Waals surface area contributed by atoms with Crippen LogP contribution in [0.2, 0.25) is 0 Å². The molecule has 8 heteroatoms. The molecule has 1 atom stereocenters. The van der Waals surface area contributed by atoms with Crippen molar-refractivity contribution in [3.63, 3.8) is 0 Å². The molecule has 7 nitrogen and oxygen atoms in total. The predicted molar refractivity (Wildman–Crippen MR) is 95.2 cm³/mol. The Balaban J connectivity index is 1.45. The average Bonchev–Trinajstić information content (AvgIpc) is 2.91. The summed E-state index contributed by atoms with van der Waals surface area (Å²) in [5.41, 5.74) is 6.62. The Morgan fingerprint density at radius 2 is 2.07 bits per heavy atom. The van der Waals surface area contributed by atoms with Crippen LogP contribution in [0.4, 0.5) is 4.39 Å². The van der Waals surface area contributed by atoms with Gasteiger partial charge in [0.1, 0.15) is 11.7 Å². The molecule has 1 aliphatic carbocycles. The van der Waals surface area contributed by atoms with Crippen LogP contribution in [-0.2, 0) is 22.7 Å². The van der Waals surface area contributed by atoms with E-state index in [4.69, 9.17) is 5.73 Å². The number of fused-ring (bicyclic) bond motifs is 1. The fourth-order valence-electron chi connectivity index (χ4n) is 4.28. The second-order valence-electron chi connectivity index (χ2n) is 7.77.